The maximum atomic E-state index is 10.6. The first-order valence-corrected chi connectivity index (χ1v) is 6.19. The third-order valence-corrected chi connectivity index (χ3v) is 3.18. The Morgan fingerprint density at radius 1 is 1.31 bits per heavy atom. The number of nitrogens with two attached hydrogens (primary N) is 1. The summed E-state index contributed by atoms with van der Waals surface area (Å²) in [5.41, 5.74) is 0. The molecule has 4 nitrogen and oxygen atoms in total. The maximum absolute atomic E-state index is 10.6. The molecule has 1 saturated carbocycles. The third kappa shape index (κ3) is 4.06. The van der Waals surface area contributed by atoms with Crippen LogP contribution in [0, 0.1) is 5.92 Å². The van der Waals surface area contributed by atoms with Crippen molar-refractivity contribution in [2.45, 2.75) is 45.1 Å². The van der Waals surface area contributed by atoms with Crippen molar-refractivity contribution >= 4 is 10.3 Å². The topological polar surface area (TPSA) is 69.4 Å². The van der Waals surface area contributed by atoms with Gasteiger partial charge in [0.2, 0.25) is 0 Å². The first-order valence-electron chi connectivity index (χ1n) is 4.72. The van der Waals surface area contributed by atoms with Gasteiger partial charge in [-0.25, -0.2) is 5.14 Å². The van der Waals surface area contributed by atoms with Crippen molar-refractivity contribution in [3.05, 3.63) is 0 Å². The molecule has 78 valence electrons. The highest BCUT2D eigenvalue weighted by Crippen LogP contribution is 2.28. The van der Waals surface area contributed by atoms with E-state index in [1.807, 2.05) is 0 Å². The molecule has 0 aromatic rings. The van der Waals surface area contributed by atoms with Crippen LogP contribution in [-0.4, -0.2) is 14.5 Å². The maximum Gasteiger partial charge on any atom is 0.333 e. The lowest BCUT2D eigenvalue weighted by molar-refractivity contribution is 0.136. The van der Waals surface area contributed by atoms with E-state index >= 15 is 0 Å². The lowest BCUT2D eigenvalue weighted by Crippen LogP contribution is -2.27. The normalized spacial score (nSPS) is 30.3. The van der Waals surface area contributed by atoms with Gasteiger partial charge in [-0.05, 0) is 31.6 Å². The monoisotopic (exact) mass is 207 g/mol. The summed E-state index contributed by atoms with van der Waals surface area (Å²) in [5, 5.41) is 4.78. The van der Waals surface area contributed by atoms with Gasteiger partial charge in [0.1, 0.15) is 0 Å². The molecule has 13 heavy (non-hydrogen) atoms. The summed E-state index contributed by atoms with van der Waals surface area (Å²) in [6, 6.07) is 0. The number of hydrogen-bond donors (Lipinski definition) is 1. The Balaban J connectivity index is 2.33. The first kappa shape index (κ1) is 10.9. The minimum Gasteiger partial charge on any atom is -0.255 e. The lowest BCUT2D eigenvalue weighted by atomic mass is 9.86. The summed E-state index contributed by atoms with van der Waals surface area (Å²) < 4.78 is 25.9. The van der Waals surface area contributed by atoms with Crippen molar-refractivity contribution in [3.63, 3.8) is 0 Å². The molecule has 0 aromatic carbocycles. The first-order chi connectivity index (χ1) is 6.01. The Labute approximate surface area is 79.7 Å². The Bertz CT molecular complexity index is 242. The van der Waals surface area contributed by atoms with E-state index in [-0.39, 0.29) is 6.10 Å². The molecule has 0 amide bonds. The Kier molecular flexibility index (Phi) is 3.70. The van der Waals surface area contributed by atoms with Gasteiger partial charge in [0.05, 0.1) is 6.10 Å². The van der Waals surface area contributed by atoms with Crippen LogP contribution in [0.5, 0.6) is 0 Å². The van der Waals surface area contributed by atoms with Gasteiger partial charge in [0, 0.05) is 0 Å². The van der Waals surface area contributed by atoms with Crippen molar-refractivity contribution in [3.8, 4) is 0 Å². The Morgan fingerprint density at radius 3 is 2.23 bits per heavy atom. The van der Waals surface area contributed by atoms with Gasteiger partial charge in [-0.2, -0.15) is 8.42 Å². The summed E-state index contributed by atoms with van der Waals surface area (Å²) in [7, 11) is -3.75. The second-order valence-corrected chi connectivity index (χ2v) is 4.82. The fourth-order valence-corrected chi connectivity index (χ4v) is 2.40. The molecule has 0 bridgehead atoms. The van der Waals surface area contributed by atoms with Gasteiger partial charge in [0.15, 0.2) is 0 Å². The molecular weight excluding hydrogens is 190 g/mol. The number of hydrogen-bond acceptors (Lipinski definition) is 3. The predicted molar refractivity (Wildman–Crippen MR) is 50.2 cm³/mol. The van der Waals surface area contributed by atoms with E-state index in [1.165, 1.54) is 6.42 Å². The van der Waals surface area contributed by atoms with Gasteiger partial charge in [-0.3, -0.25) is 4.18 Å². The summed E-state index contributed by atoms with van der Waals surface area (Å²) in [5.74, 6) is 0.736. The Hall–Kier alpha value is -0.130. The van der Waals surface area contributed by atoms with Crippen molar-refractivity contribution in [1.82, 2.24) is 0 Å². The van der Waals surface area contributed by atoms with Crippen LogP contribution in [0.3, 0.4) is 0 Å². The molecule has 0 radical (unpaired) electrons. The second-order valence-electron chi connectivity index (χ2n) is 3.64. The lowest BCUT2D eigenvalue weighted by Gasteiger charge is -2.26. The van der Waals surface area contributed by atoms with E-state index in [0.29, 0.717) is 0 Å². The average Bonchev–Trinajstić information content (AvgIpc) is 2.03. The standard InChI is InChI=1S/C8H17NO3S/c1-2-7-3-5-8(6-4-7)12-13(9,10)11/h7-8H,2-6H2,1H3,(H2,9,10,11). The molecule has 0 aromatic heterocycles. The van der Waals surface area contributed by atoms with Crippen LogP contribution in [-0.2, 0) is 14.5 Å². The Morgan fingerprint density at radius 2 is 1.85 bits per heavy atom. The van der Waals surface area contributed by atoms with E-state index in [4.69, 9.17) is 9.32 Å². The zero-order valence-electron chi connectivity index (χ0n) is 7.90. The van der Waals surface area contributed by atoms with Crippen molar-refractivity contribution in [1.29, 1.82) is 0 Å². The van der Waals surface area contributed by atoms with E-state index in [9.17, 15) is 8.42 Å². The second kappa shape index (κ2) is 4.39. The quantitative estimate of drug-likeness (QED) is 0.755. The fourth-order valence-electron chi connectivity index (χ4n) is 1.83. The fraction of sp³-hybridized carbons (Fsp3) is 1.00. The molecule has 1 aliphatic carbocycles. The molecular formula is C8H17NO3S. The average molecular weight is 207 g/mol. The van der Waals surface area contributed by atoms with Crippen LogP contribution in [0.2, 0.25) is 0 Å². The SMILES string of the molecule is CCC1CCC(OS(N)(=O)=O)CC1. The molecule has 0 aliphatic heterocycles. The van der Waals surface area contributed by atoms with E-state index in [1.54, 1.807) is 0 Å². The molecule has 1 aliphatic rings. The van der Waals surface area contributed by atoms with Gasteiger partial charge < -0.3 is 0 Å². The van der Waals surface area contributed by atoms with Crippen LogP contribution < -0.4 is 5.14 Å². The summed E-state index contributed by atoms with van der Waals surface area (Å²) >= 11 is 0. The zero-order valence-corrected chi connectivity index (χ0v) is 8.72. The van der Waals surface area contributed by atoms with E-state index in [2.05, 4.69) is 6.92 Å². The van der Waals surface area contributed by atoms with Crippen LogP contribution in [0.1, 0.15) is 39.0 Å². The molecule has 1 fully saturated rings. The van der Waals surface area contributed by atoms with E-state index < -0.39 is 10.3 Å². The highest BCUT2D eigenvalue weighted by molar-refractivity contribution is 7.84. The zero-order chi connectivity index (χ0) is 9.90. The van der Waals surface area contributed by atoms with Crippen LogP contribution >= 0.6 is 0 Å². The molecule has 0 saturated heterocycles. The van der Waals surface area contributed by atoms with Gasteiger partial charge in [-0.1, -0.05) is 13.3 Å². The summed E-state index contributed by atoms with van der Waals surface area (Å²) in [4.78, 5) is 0. The molecule has 0 spiro atoms. The highest BCUT2D eigenvalue weighted by Gasteiger charge is 2.23. The molecule has 0 atom stereocenters. The minimum absolute atomic E-state index is 0.183. The molecule has 0 unspecified atom stereocenters. The van der Waals surface area contributed by atoms with Gasteiger partial charge in [0.25, 0.3) is 0 Å². The van der Waals surface area contributed by atoms with E-state index in [0.717, 1.165) is 31.6 Å². The number of rotatable bonds is 3. The van der Waals surface area contributed by atoms with Gasteiger partial charge >= 0.3 is 10.3 Å². The highest BCUT2D eigenvalue weighted by atomic mass is 32.2. The summed E-state index contributed by atoms with van der Waals surface area (Å²) in [6.45, 7) is 2.16. The molecule has 5 heteroatoms. The van der Waals surface area contributed by atoms with Crippen molar-refractivity contribution in [2.75, 3.05) is 0 Å². The third-order valence-electron chi connectivity index (χ3n) is 2.64. The van der Waals surface area contributed by atoms with Crippen LogP contribution in [0.4, 0.5) is 0 Å². The van der Waals surface area contributed by atoms with Crippen molar-refractivity contribution in [2.24, 2.45) is 11.1 Å². The molecule has 1 rings (SSSR count). The van der Waals surface area contributed by atoms with Crippen molar-refractivity contribution < 1.29 is 12.6 Å². The smallest absolute Gasteiger partial charge is 0.255 e. The molecule has 2 N–H and O–H groups in total. The molecule has 0 heterocycles. The van der Waals surface area contributed by atoms with Crippen LogP contribution in [0.15, 0.2) is 0 Å². The minimum atomic E-state index is -3.75. The predicted octanol–water partition coefficient (Wildman–Crippen LogP) is 1.18. The van der Waals surface area contributed by atoms with Crippen LogP contribution in [0.25, 0.3) is 0 Å². The van der Waals surface area contributed by atoms with Gasteiger partial charge in [-0.15, -0.1) is 0 Å². The largest absolute Gasteiger partial charge is 0.333 e. The summed E-state index contributed by atoms with van der Waals surface area (Å²) in [6.07, 6.45) is 4.72.